The average molecular weight is 347 g/mol. The van der Waals surface area contributed by atoms with E-state index in [0.29, 0.717) is 22.7 Å². The predicted molar refractivity (Wildman–Crippen MR) is 81.0 cm³/mol. The van der Waals surface area contributed by atoms with Crippen molar-refractivity contribution in [1.29, 1.82) is 0 Å². The van der Waals surface area contributed by atoms with Crippen molar-refractivity contribution >= 4 is 33.1 Å². The number of nitrogens with zero attached hydrogens (tertiary/aromatic N) is 2. The molecule has 1 aromatic carbocycles. The molecule has 0 N–H and O–H groups in total. The molecule has 21 heavy (non-hydrogen) atoms. The first-order valence-corrected chi connectivity index (χ1v) is 7.00. The Balaban J connectivity index is 2.13. The van der Waals surface area contributed by atoms with Gasteiger partial charge in [0.1, 0.15) is 5.52 Å². The first kappa shape index (κ1) is 13.8. The van der Waals surface area contributed by atoms with Gasteiger partial charge in [0.05, 0.1) is 12.7 Å². The predicted octanol–water partition coefficient (Wildman–Crippen LogP) is 3.75. The second-order valence-corrected chi connectivity index (χ2v) is 5.33. The topological polar surface area (TPSA) is 65.2 Å². The van der Waals surface area contributed by atoms with Crippen LogP contribution in [0.4, 0.5) is 0 Å². The van der Waals surface area contributed by atoms with E-state index in [1.54, 1.807) is 6.07 Å². The van der Waals surface area contributed by atoms with E-state index < -0.39 is 5.97 Å². The zero-order valence-electron chi connectivity index (χ0n) is 11.4. The molecule has 3 aromatic rings. The summed E-state index contributed by atoms with van der Waals surface area (Å²) in [5.41, 5.74) is 3.15. The molecule has 0 bridgehead atoms. The van der Waals surface area contributed by atoms with Gasteiger partial charge in [-0.1, -0.05) is 22.0 Å². The summed E-state index contributed by atoms with van der Waals surface area (Å²) in [5.74, 6) is 0.0194. The smallest absolute Gasteiger partial charge is 0.339 e. The molecule has 6 heteroatoms. The van der Waals surface area contributed by atoms with E-state index >= 15 is 0 Å². The average Bonchev–Trinajstić information content (AvgIpc) is 2.91. The van der Waals surface area contributed by atoms with Crippen LogP contribution in [0.2, 0.25) is 0 Å². The van der Waals surface area contributed by atoms with Crippen molar-refractivity contribution in [2.24, 2.45) is 0 Å². The van der Waals surface area contributed by atoms with Crippen molar-refractivity contribution in [3.05, 3.63) is 46.1 Å². The highest BCUT2D eigenvalue weighted by Crippen LogP contribution is 2.30. The third kappa shape index (κ3) is 2.42. The summed E-state index contributed by atoms with van der Waals surface area (Å²) >= 11 is 3.48. The molecule has 0 unspecified atom stereocenters. The van der Waals surface area contributed by atoms with E-state index in [4.69, 9.17) is 4.42 Å². The molecular weight excluding hydrogens is 336 g/mol. The molecule has 106 valence electrons. The highest BCUT2D eigenvalue weighted by molar-refractivity contribution is 9.10. The molecule has 5 nitrogen and oxygen atoms in total. The Morgan fingerprint density at radius 3 is 2.95 bits per heavy atom. The van der Waals surface area contributed by atoms with Gasteiger partial charge < -0.3 is 9.15 Å². The standard InChI is InChI=1S/C15H11BrN2O3/c1-8-10(4-3-5-11(8)16)13-18-12-6-9(15(19)20-2)7-17-14(12)21-13/h3-7H,1-2H3. The largest absolute Gasteiger partial charge is 0.465 e. The Kier molecular flexibility index (Phi) is 3.47. The third-order valence-electron chi connectivity index (χ3n) is 3.17. The lowest BCUT2D eigenvalue weighted by molar-refractivity contribution is 0.0600. The maximum atomic E-state index is 11.5. The van der Waals surface area contributed by atoms with E-state index in [0.717, 1.165) is 15.6 Å². The fourth-order valence-electron chi connectivity index (χ4n) is 2.01. The third-order valence-corrected chi connectivity index (χ3v) is 4.03. The molecule has 0 saturated carbocycles. The van der Waals surface area contributed by atoms with E-state index in [-0.39, 0.29) is 0 Å². The van der Waals surface area contributed by atoms with Crippen LogP contribution in [0, 0.1) is 6.92 Å². The molecule has 3 rings (SSSR count). The number of hydrogen-bond acceptors (Lipinski definition) is 5. The quantitative estimate of drug-likeness (QED) is 0.661. The molecule has 0 aliphatic heterocycles. The minimum Gasteiger partial charge on any atom is -0.465 e. The second kappa shape index (κ2) is 5.29. The summed E-state index contributed by atoms with van der Waals surface area (Å²) in [6, 6.07) is 7.39. The summed E-state index contributed by atoms with van der Waals surface area (Å²) < 4.78 is 11.3. The number of oxazole rings is 1. The molecule has 0 saturated heterocycles. The number of rotatable bonds is 2. The highest BCUT2D eigenvalue weighted by atomic mass is 79.9. The van der Waals surface area contributed by atoms with Crippen LogP contribution in [0.5, 0.6) is 0 Å². The number of pyridine rings is 1. The van der Waals surface area contributed by atoms with Gasteiger partial charge in [-0.05, 0) is 30.7 Å². The van der Waals surface area contributed by atoms with Crippen LogP contribution < -0.4 is 0 Å². The molecule has 2 aromatic heterocycles. The number of aromatic nitrogens is 2. The minimum atomic E-state index is -0.451. The van der Waals surface area contributed by atoms with E-state index in [9.17, 15) is 4.79 Å². The fraction of sp³-hybridized carbons (Fsp3) is 0.133. The number of methoxy groups -OCH3 is 1. The monoisotopic (exact) mass is 346 g/mol. The first-order chi connectivity index (χ1) is 10.1. The van der Waals surface area contributed by atoms with Crippen LogP contribution in [-0.4, -0.2) is 23.0 Å². The Hall–Kier alpha value is -2.21. The number of fused-ring (bicyclic) bond motifs is 1. The van der Waals surface area contributed by atoms with Crippen LogP contribution in [-0.2, 0) is 4.74 Å². The van der Waals surface area contributed by atoms with Gasteiger partial charge in [-0.2, -0.15) is 0 Å². The van der Waals surface area contributed by atoms with Crippen LogP contribution in [0.15, 0.2) is 39.4 Å². The van der Waals surface area contributed by atoms with Gasteiger partial charge in [0.15, 0.2) is 0 Å². The normalized spacial score (nSPS) is 10.8. The maximum Gasteiger partial charge on any atom is 0.339 e. The lowest BCUT2D eigenvalue weighted by atomic mass is 10.1. The van der Waals surface area contributed by atoms with Crippen LogP contribution in [0.25, 0.3) is 22.7 Å². The van der Waals surface area contributed by atoms with Crippen LogP contribution >= 0.6 is 15.9 Å². The lowest BCUT2D eigenvalue weighted by Gasteiger charge is -2.02. The minimum absolute atomic E-state index is 0.343. The van der Waals surface area contributed by atoms with E-state index in [1.807, 2.05) is 25.1 Å². The Bertz CT molecular complexity index is 842. The summed E-state index contributed by atoms with van der Waals surface area (Å²) in [6.45, 7) is 1.97. The van der Waals surface area contributed by atoms with Gasteiger partial charge >= 0.3 is 5.97 Å². The number of esters is 1. The van der Waals surface area contributed by atoms with E-state index in [1.165, 1.54) is 13.3 Å². The lowest BCUT2D eigenvalue weighted by Crippen LogP contribution is -2.01. The first-order valence-electron chi connectivity index (χ1n) is 6.20. The number of carbonyl (C=O) groups is 1. The van der Waals surface area contributed by atoms with E-state index in [2.05, 4.69) is 30.6 Å². The van der Waals surface area contributed by atoms with Crippen molar-refractivity contribution in [3.8, 4) is 11.5 Å². The van der Waals surface area contributed by atoms with Crippen molar-refractivity contribution in [1.82, 2.24) is 9.97 Å². The maximum absolute atomic E-state index is 11.5. The van der Waals surface area contributed by atoms with Gasteiger partial charge in [-0.15, -0.1) is 0 Å². The fourth-order valence-corrected chi connectivity index (χ4v) is 2.37. The number of benzene rings is 1. The van der Waals surface area contributed by atoms with Crippen LogP contribution in [0.3, 0.4) is 0 Å². The van der Waals surface area contributed by atoms with Crippen LogP contribution in [0.1, 0.15) is 15.9 Å². The van der Waals surface area contributed by atoms with Gasteiger partial charge in [0.2, 0.25) is 11.6 Å². The van der Waals surface area contributed by atoms with Crippen molar-refractivity contribution in [2.45, 2.75) is 6.92 Å². The van der Waals surface area contributed by atoms with Crippen molar-refractivity contribution < 1.29 is 13.9 Å². The molecule has 0 amide bonds. The number of ether oxygens (including phenoxy) is 1. The summed E-state index contributed by atoms with van der Waals surface area (Å²) in [7, 11) is 1.33. The number of carbonyl (C=O) groups excluding carboxylic acids is 1. The molecule has 0 radical (unpaired) electrons. The summed E-state index contributed by atoms with van der Waals surface area (Å²) in [6.07, 6.45) is 1.41. The molecule has 0 atom stereocenters. The number of hydrogen-bond donors (Lipinski definition) is 0. The highest BCUT2D eigenvalue weighted by Gasteiger charge is 2.15. The molecule has 0 spiro atoms. The molecule has 0 aliphatic carbocycles. The second-order valence-electron chi connectivity index (χ2n) is 4.47. The van der Waals surface area contributed by atoms with Crippen molar-refractivity contribution in [2.75, 3.05) is 7.11 Å². The molecule has 0 fully saturated rings. The zero-order chi connectivity index (χ0) is 15.0. The Labute approximate surface area is 129 Å². The van der Waals surface area contributed by atoms with Gasteiger partial charge in [-0.25, -0.2) is 14.8 Å². The molecular formula is C15H11BrN2O3. The SMILES string of the molecule is COC(=O)c1cnc2oc(-c3cccc(Br)c3C)nc2c1. The van der Waals surface area contributed by atoms with Gasteiger partial charge in [-0.3, -0.25) is 0 Å². The summed E-state index contributed by atoms with van der Waals surface area (Å²) in [5, 5.41) is 0. The van der Waals surface area contributed by atoms with Gasteiger partial charge in [0, 0.05) is 16.2 Å². The molecule has 2 heterocycles. The zero-order valence-corrected chi connectivity index (χ0v) is 13.0. The van der Waals surface area contributed by atoms with Gasteiger partial charge in [0.25, 0.3) is 0 Å². The number of halogens is 1. The van der Waals surface area contributed by atoms with Crippen molar-refractivity contribution in [3.63, 3.8) is 0 Å². The Morgan fingerprint density at radius 2 is 2.19 bits per heavy atom. The summed E-state index contributed by atoms with van der Waals surface area (Å²) in [4.78, 5) is 20.0. The Morgan fingerprint density at radius 1 is 1.38 bits per heavy atom. The molecule has 0 aliphatic rings.